The number of oxime groups is 1. The predicted octanol–water partition coefficient (Wildman–Crippen LogP) is 1.22. The molecule has 5 heteroatoms. The molecular weight excluding hydrogens is 242 g/mol. The Morgan fingerprint density at radius 3 is 2.53 bits per heavy atom. The van der Waals surface area contributed by atoms with E-state index < -0.39 is 0 Å². The van der Waals surface area contributed by atoms with Crippen molar-refractivity contribution in [2.75, 3.05) is 20.1 Å². The maximum absolute atomic E-state index is 9.29. The van der Waals surface area contributed by atoms with Crippen LogP contribution in [0, 0.1) is 0 Å². The Bertz CT molecular complexity index is 393. The van der Waals surface area contributed by atoms with Crippen molar-refractivity contribution in [3.63, 3.8) is 0 Å². The Labute approximate surface area is 114 Å². The van der Waals surface area contributed by atoms with E-state index in [1.807, 2.05) is 37.4 Å². The third kappa shape index (κ3) is 5.28. The van der Waals surface area contributed by atoms with Crippen LogP contribution >= 0.6 is 0 Å². The first-order valence-corrected chi connectivity index (χ1v) is 6.43. The molecule has 19 heavy (non-hydrogen) atoms. The molecule has 0 aliphatic carbocycles. The van der Waals surface area contributed by atoms with Crippen molar-refractivity contribution in [3.05, 3.63) is 35.9 Å². The lowest BCUT2D eigenvalue weighted by molar-refractivity contribution is 0.164. The molecule has 1 aromatic rings. The summed E-state index contributed by atoms with van der Waals surface area (Å²) in [5.74, 6) is 0.0558. The SMILES string of the molecule is CC(O)CCN(C)CC(/C(N)=N/O)c1ccccc1. The molecule has 0 radical (unpaired) electrons. The molecule has 0 saturated heterocycles. The van der Waals surface area contributed by atoms with E-state index in [1.54, 1.807) is 6.92 Å². The van der Waals surface area contributed by atoms with Crippen LogP contribution in [0.3, 0.4) is 0 Å². The second kappa shape index (κ2) is 7.76. The molecule has 0 amide bonds. The molecule has 4 N–H and O–H groups in total. The van der Waals surface area contributed by atoms with Crippen molar-refractivity contribution in [1.82, 2.24) is 4.90 Å². The molecule has 0 saturated carbocycles. The van der Waals surface area contributed by atoms with Crippen LogP contribution in [0.1, 0.15) is 24.8 Å². The lowest BCUT2D eigenvalue weighted by Gasteiger charge is -2.24. The number of hydrogen-bond donors (Lipinski definition) is 3. The first-order valence-electron chi connectivity index (χ1n) is 6.43. The van der Waals surface area contributed by atoms with Crippen molar-refractivity contribution in [2.45, 2.75) is 25.4 Å². The minimum absolute atomic E-state index is 0.148. The molecule has 0 bridgehead atoms. The van der Waals surface area contributed by atoms with Gasteiger partial charge in [0.05, 0.1) is 12.0 Å². The van der Waals surface area contributed by atoms with Gasteiger partial charge in [-0.2, -0.15) is 0 Å². The fourth-order valence-corrected chi connectivity index (χ4v) is 1.93. The lowest BCUT2D eigenvalue weighted by atomic mass is 9.97. The number of aliphatic hydroxyl groups is 1. The summed E-state index contributed by atoms with van der Waals surface area (Å²) in [4.78, 5) is 2.07. The highest BCUT2D eigenvalue weighted by molar-refractivity contribution is 5.87. The lowest BCUT2D eigenvalue weighted by Crippen LogP contribution is -2.34. The Balaban J connectivity index is 2.71. The van der Waals surface area contributed by atoms with Gasteiger partial charge in [0.1, 0.15) is 5.84 Å². The molecule has 0 aliphatic heterocycles. The molecule has 5 nitrogen and oxygen atoms in total. The van der Waals surface area contributed by atoms with Crippen molar-refractivity contribution >= 4 is 5.84 Å². The summed E-state index contributed by atoms with van der Waals surface area (Å²) in [5, 5.41) is 21.3. The van der Waals surface area contributed by atoms with Crippen molar-refractivity contribution < 1.29 is 10.3 Å². The smallest absolute Gasteiger partial charge is 0.147 e. The highest BCUT2D eigenvalue weighted by atomic mass is 16.4. The number of hydrogen-bond acceptors (Lipinski definition) is 4. The van der Waals surface area contributed by atoms with Crippen LogP contribution in [0.15, 0.2) is 35.5 Å². The average molecular weight is 265 g/mol. The topological polar surface area (TPSA) is 82.1 Å². The molecule has 1 rings (SSSR count). The van der Waals surface area contributed by atoms with Crippen LogP contribution in [0.4, 0.5) is 0 Å². The highest BCUT2D eigenvalue weighted by Crippen LogP contribution is 2.17. The molecule has 2 atom stereocenters. The second-order valence-electron chi connectivity index (χ2n) is 4.89. The number of aliphatic hydroxyl groups excluding tert-OH is 1. The standard InChI is InChI=1S/C14H23N3O2/c1-11(18)8-9-17(2)10-13(14(15)16-19)12-6-4-3-5-7-12/h3-7,11,13,18-19H,8-10H2,1-2H3,(H2,15,16). The monoisotopic (exact) mass is 265 g/mol. The third-order valence-corrected chi connectivity index (χ3v) is 3.10. The van der Waals surface area contributed by atoms with E-state index >= 15 is 0 Å². The minimum Gasteiger partial charge on any atom is -0.409 e. The van der Waals surface area contributed by atoms with Gasteiger partial charge in [-0.15, -0.1) is 0 Å². The summed E-state index contributed by atoms with van der Waals surface area (Å²) >= 11 is 0. The number of nitrogens with zero attached hydrogens (tertiary/aromatic N) is 2. The maximum Gasteiger partial charge on any atom is 0.147 e. The van der Waals surface area contributed by atoms with Gasteiger partial charge in [0.15, 0.2) is 0 Å². The van der Waals surface area contributed by atoms with Gasteiger partial charge in [0.2, 0.25) is 0 Å². The molecule has 0 aromatic heterocycles. The van der Waals surface area contributed by atoms with Gasteiger partial charge in [-0.05, 0) is 26.0 Å². The molecule has 0 heterocycles. The Hall–Kier alpha value is -1.59. The van der Waals surface area contributed by atoms with E-state index in [-0.39, 0.29) is 17.9 Å². The fraction of sp³-hybridized carbons (Fsp3) is 0.500. The largest absolute Gasteiger partial charge is 0.409 e. The average Bonchev–Trinajstić information content (AvgIpc) is 2.42. The Morgan fingerprint density at radius 1 is 1.37 bits per heavy atom. The number of likely N-dealkylation sites (N-methyl/N-ethyl adjacent to an activating group) is 1. The van der Waals surface area contributed by atoms with Gasteiger partial charge in [0, 0.05) is 13.1 Å². The van der Waals surface area contributed by atoms with Gasteiger partial charge in [-0.3, -0.25) is 0 Å². The number of rotatable bonds is 7. The molecule has 1 aromatic carbocycles. The first-order chi connectivity index (χ1) is 9.04. The fourth-order valence-electron chi connectivity index (χ4n) is 1.93. The maximum atomic E-state index is 9.29. The highest BCUT2D eigenvalue weighted by Gasteiger charge is 2.18. The first kappa shape index (κ1) is 15.5. The normalized spacial score (nSPS) is 15.5. The van der Waals surface area contributed by atoms with Crippen molar-refractivity contribution in [3.8, 4) is 0 Å². The molecule has 0 spiro atoms. The van der Waals surface area contributed by atoms with Crippen LogP contribution in [0.2, 0.25) is 0 Å². The number of amidine groups is 1. The van der Waals surface area contributed by atoms with Crippen LogP contribution in [-0.4, -0.2) is 47.3 Å². The Morgan fingerprint density at radius 2 is 2.00 bits per heavy atom. The molecule has 0 aliphatic rings. The zero-order valence-electron chi connectivity index (χ0n) is 11.5. The predicted molar refractivity (Wildman–Crippen MR) is 76.4 cm³/mol. The molecular formula is C14H23N3O2. The summed E-state index contributed by atoms with van der Waals surface area (Å²) in [7, 11) is 1.96. The van der Waals surface area contributed by atoms with Gasteiger partial charge < -0.3 is 20.9 Å². The minimum atomic E-state index is -0.318. The van der Waals surface area contributed by atoms with Crippen LogP contribution in [0.25, 0.3) is 0 Å². The van der Waals surface area contributed by atoms with Crippen molar-refractivity contribution in [1.29, 1.82) is 0 Å². The summed E-state index contributed by atoms with van der Waals surface area (Å²) < 4.78 is 0. The van der Waals surface area contributed by atoms with E-state index in [4.69, 9.17) is 10.9 Å². The van der Waals surface area contributed by atoms with Gasteiger partial charge in [-0.25, -0.2) is 0 Å². The van der Waals surface area contributed by atoms with E-state index in [2.05, 4.69) is 10.1 Å². The quantitative estimate of drug-likeness (QED) is 0.300. The molecule has 0 fully saturated rings. The van der Waals surface area contributed by atoms with E-state index in [1.165, 1.54) is 0 Å². The van der Waals surface area contributed by atoms with E-state index in [0.717, 1.165) is 12.1 Å². The summed E-state index contributed by atoms with van der Waals surface area (Å²) in [6.07, 6.45) is 0.384. The molecule has 2 unspecified atom stereocenters. The number of benzene rings is 1. The van der Waals surface area contributed by atoms with Crippen LogP contribution < -0.4 is 5.73 Å². The van der Waals surface area contributed by atoms with Gasteiger partial charge in [0.25, 0.3) is 0 Å². The van der Waals surface area contributed by atoms with E-state index in [9.17, 15) is 5.11 Å². The summed E-state index contributed by atoms with van der Waals surface area (Å²) in [6.45, 7) is 3.18. The van der Waals surface area contributed by atoms with Crippen LogP contribution in [-0.2, 0) is 0 Å². The molecule has 106 valence electrons. The van der Waals surface area contributed by atoms with Crippen LogP contribution in [0.5, 0.6) is 0 Å². The van der Waals surface area contributed by atoms with Gasteiger partial charge >= 0.3 is 0 Å². The third-order valence-electron chi connectivity index (χ3n) is 3.10. The second-order valence-corrected chi connectivity index (χ2v) is 4.89. The van der Waals surface area contributed by atoms with Gasteiger partial charge in [-0.1, -0.05) is 35.5 Å². The summed E-state index contributed by atoms with van der Waals surface area (Å²) in [5.41, 5.74) is 6.79. The van der Waals surface area contributed by atoms with Crippen molar-refractivity contribution in [2.24, 2.45) is 10.9 Å². The zero-order valence-corrected chi connectivity index (χ0v) is 11.5. The number of nitrogens with two attached hydrogens (primary N) is 1. The zero-order chi connectivity index (χ0) is 14.3. The summed E-state index contributed by atoms with van der Waals surface area (Å²) in [6, 6.07) is 9.73. The van der Waals surface area contributed by atoms with E-state index in [0.29, 0.717) is 13.0 Å². The Kier molecular flexibility index (Phi) is 6.32.